The molecule has 59 valence electrons. The molecule has 0 aliphatic heterocycles. The summed E-state index contributed by atoms with van der Waals surface area (Å²) in [4.78, 5) is 0. The molecule has 11 heavy (non-hydrogen) atoms. The van der Waals surface area contributed by atoms with Crippen LogP contribution in [0.4, 0.5) is 0 Å². The summed E-state index contributed by atoms with van der Waals surface area (Å²) in [5, 5.41) is 0. The molecule has 0 aliphatic carbocycles. The Morgan fingerprint density at radius 3 is 2.36 bits per heavy atom. The second-order valence-electron chi connectivity index (χ2n) is 2.19. The summed E-state index contributed by atoms with van der Waals surface area (Å²) in [6, 6.07) is 8.23. The van der Waals surface area contributed by atoms with E-state index in [1.807, 2.05) is 12.1 Å². The Hall–Kier alpha value is 0.284. The maximum atomic E-state index is 5.42. The number of nitrogens with two attached hydrogens (primary N) is 1. The first-order chi connectivity index (χ1) is 4.33. The van der Waals surface area contributed by atoms with Crippen LogP contribution in [0.2, 0.25) is 0 Å². The Kier molecular flexibility index (Phi) is 8.76. The van der Waals surface area contributed by atoms with Gasteiger partial charge >= 0.3 is 0 Å². The molecule has 0 bridgehead atoms. The largest absolute Gasteiger partial charge is 0.358 e. The molecule has 0 aromatic heterocycles. The smallest absolute Gasteiger partial charge is 0.0178 e. The van der Waals surface area contributed by atoms with E-state index < -0.39 is 0 Å². The van der Waals surface area contributed by atoms with Crippen LogP contribution in [-0.4, -0.2) is 0 Å². The standard InChI is InChI=1S/C8H11N.CH3.Y/c1-7-3-2-4-8(5-7)6-9;;/h2-5H,6,9H2,1H3;1H3;/q;-1;. The van der Waals surface area contributed by atoms with Gasteiger partial charge in [-0.15, -0.1) is 0 Å². The van der Waals surface area contributed by atoms with Crippen LogP contribution >= 0.6 is 0 Å². The third-order valence-corrected chi connectivity index (χ3v) is 1.32. The normalized spacial score (nSPS) is 7.82. The number of aryl methyl sites for hydroxylation is 1. The van der Waals surface area contributed by atoms with Crippen molar-refractivity contribution in [2.24, 2.45) is 5.73 Å². The Balaban J connectivity index is 0. The summed E-state index contributed by atoms with van der Waals surface area (Å²) in [6.07, 6.45) is 0. The van der Waals surface area contributed by atoms with Crippen LogP contribution in [0, 0.1) is 14.4 Å². The molecule has 1 radical (unpaired) electrons. The first kappa shape index (κ1) is 13.8. The van der Waals surface area contributed by atoms with E-state index in [1.54, 1.807) is 0 Å². The molecule has 0 amide bonds. The Morgan fingerprint density at radius 1 is 1.36 bits per heavy atom. The Bertz CT molecular complexity index is 199. The number of hydrogen-bond donors (Lipinski definition) is 1. The van der Waals surface area contributed by atoms with Crippen LogP contribution in [0.1, 0.15) is 11.1 Å². The maximum absolute atomic E-state index is 5.42. The summed E-state index contributed by atoms with van der Waals surface area (Å²) in [6.45, 7) is 2.71. The molecule has 0 saturated heterocycles. The van der Waals surface area contributed by atoms with E-state index in [0.717, 1.165) is 0 Å². The first-order valence-electron chi connectivity index (χ1n) is 3.08. The fraction of sp³-hybridized carbons (Fsp3) is 0.222. The molecule has 0 heterocycles. The van der Waals surface area contributed by atoms with Gasteiger partial charge in [0.15, 0.2) is 0 Å². The van der Waals surface area contributed by atoms with Crippen molar-refractivity contribution in [3.8, 4) is 0 Å². The van der Waals surface area contributed by atoms with Crippen LogP contribution in [0.15, 0.2) is 24.3 Å². The van der Waals surface area contributed by atoms with Gasteiger partial charge in [-0.05, 0) is 12.5 Å². The van der Waals surface area contributed by atoms with E-state index in [2.05, 4.69) is 19.1 Å². The van der Waals surface area contributed by atoms with Gasteiger partial charge in [-0.3, -0.25) is 0 Å². The van der Waals surface area contributed by atoms with Gasteiger partial charge < -0.3 is 13.2 Å². The predicted octanol–water partition coefficient (Wildman–Crippen LogP) is 1.90. The van der Waals surface area contributed by atoms with E-state index >= 15 is 0 Å². The molecular formula is C9H14NY-. The fourth-order valence-corrected chi connectivity index (χ4v) is 0.839. The molecule has 1 aromatic carbocycles. The summed E-state index contributed by atoms with van der Waals surface area (Å²) in [7, 11) is 0. The monoisotopic (exact) mass is 225 g/mol. The van der Waals surface area contributed by atoms with Gasteiger partial charge in [0.25, 0.3) is 0 Å². The van der Waals surface area contributed by atoms with Crippen LogP contribution in [0.25, 0.3) is 0 Å². The zero-order valence-corrected chi connectivity index (χ0v) is 10.0. The molecule has 0 atom stereocenters. The summed E-state index contributed by atoms with van der Waals surface area (Å²) < 4.78 is 0. The van der Waals surface area contributed by atoms with Crippen LogP contribution in [0.3, 0.4) is 0 Å². The molecular weight excluding hydrogens is 211 g/mol. The molecule has 1 rings (SSSR count). The zero-order valence-electron chi connectivity index (χ0n) is 7.17. The summed E-state index contributed by atoms with van der Waals surface area (Å²) >= 11 is 0. The van der Waals surface area contributed by atoms with Crippen LogP contribution in [0.5, 0.6) is 0 Å². The van der Waals surface area contributed by atoms with Crippen LogP contribution < -0.4 is 5.73 Å². The maximum Gasteiger partial charge on any atom is 0.0178 e. The van der Waals surface area contributed by atoms with E-state index in [1.165, 1.54) is 11.1 Å². The summed E-state index contributed by atoms with van der Waals surface area (Å²) in [5.41, 5.74) is 7.90. The van der Waals surface area contributed by atoms with E-state index in [0.29, 0.717) is 6.54 Å². The van der Waals surface area contributed by atoms with Crippen molar-refractivity contribution in [2.75, 3.05) is 0 Å². The number of hydrogen-bond acceptors (Lipinski definition) is 1. The number of rotatable bonds is 1. The van der Waals surface area contributed by atoms with Crippen molar-refractivity contribution < 1.29 is 32.7 Å². The van der Waals surface area contributed by atoms with Crippen molar-refractivity contribution in [2.45, 2.75) is 13.5 Å². The molecule has 2 N–H and O–H groups in total. The van der Waals surface area contributed by atoms with Crippen molar-refractivity contribution >= 4 is 0 Å². The zero-order chi connectivity index (χ0) is 6.69. The van der Waals surface area contributed by atoms with Gasteiger partial charge in [0.2, 0.25) is 0 Å². The third kappa shape index (κ3) is 4.68. The SMILES string of the molecule is Cc1cccc(CN)c1.[CH3-].[Y]. The van der Waals surface area contributed by atoms with Crippen LogP contribution in [-0.2, 0) is 39.3 Å². The first-order valence-corrected chi connectivity index (χ1v) is 3.08. The Morgan fingerprint density at radius 2 is 2.00 bits per heavy atom. The number of benzene rings is 1. The van der Waals surface area contributed by atoms with Crippen molar-refractivity contribution in [1.29, 1.82) is 0 Å². The molecule has 0 aliphatic rings. The molecule has 0 spiro atoms. The second kappa shape index (κ2) is 6.96. The fourth-order valence-electron chi connectivity index (χ4n) is 0.839. The van der Waals surface area contributed by atoms with E-state index in [9.17, 15) is 0 Å². The molecule has 0 unspecified atom stereocenters. The summed E-state index contributed by atoms with van der Waals surface area (Å²) in [5.74, 6) is 0. The Labute approximate surface area is 94.3 Å². The van der Waals surface area contributed by atoms with Gasteiger partial charge in [0, 0.05) is 39.3 Å². The van der Waals surface area contributed by atoms with Gasteiger partial charge in [-0.25, -0.2) is 0 Å². The van der Waals surface area contributed by atoms with E-state index in [-0.39, 0.29) is 40.1 Å². The van der Waals surface area contributed by atoms with Crippen molar-refractivity contribution in [3.05, 3.63) is 42.8 Å². The van der Waals surface area contributed by atoms with Crippen molar-refractivity contribution in [1.82, 2.24) is 0 Å². The molecule has 1 aromatic rings. The molecule has 0 fully saturated rings. The van der Waals surface area contributed by atoms with Gasteiger partial charge in [0.05, 0.1) is 0 Å². The van der Waals surface area contributed by atoms with E-state index in [4.69, 9.17) is 5.73 Å². The van der Waals surface area contributed by atoms with Gasteiger partial charge in [-0.1, -0.05) is 29.8 Å². The minimum Gasteiger partial charge on any atom is -0.358 e. The minimum atomic E-state index is 0. The third-order valence-electron chi connectivity index (χ3n) is 1.32. The quantitative estimate of drug-likeness (QED) is 0.726. The van der Waals surface area contributed by atoms with Gasteiger partial charge in [-0.2, -0.15) is 0 Å². The second-order valence-corrected chi connectivity index (χ2v) is 2.19. The van der Waals surface area contributed by atoms with Gasteiger partial charge in [0.1, 0.15) is 0 Å². The minimum absolute atomic E-state index is 0. The van der Waals surface area contributed by atoms with Crippen molar-refractivity contribution in [3.63, 3.8) is 0 Å². The predicted molar refractivity (Wildman–Crippen MR) is 45.5 cm³/mol. The topological polar surface area (TPSA) is 26.0 Å². The average Bonchev–Trinajstić information content (AvgIpc) is 1.88. The average molecular weight is 225 g/mol. The molecule has 2 heteroatoms. The molecule has 1 nitrogen and oxygen atoms in total. The molecule has 0 saturated carbocycles.